The van der Waals surface area contributed by atoms with Crippen LogP contribution < -0.4 is 5.32 Å². The van der Waals surface area contributed by atoms with Crippen LogP contribution in [-0.2, 0) is 4.74 Å². The normalized spacial score (nSPS) is 16.8. The van der Waals surface area contributed by atoms with Crippen molar-refractivity contribution in [1.29, 1.82) is 0 Å². The molecule has 1 saturated heterocycles. The zero-order valence-corrected chi connectivity index (χ0v) is 9.90. The molecule has 4 nitrogen and oxygen atoms in total. The minimum atomic E-state index is -0.875. The Labute approximate surface area is 101 Å². The number of carbonyl (C=O) groups is 1. The topological polar surface area (TPSA) is 58.6 Å². The van der Waals surface area contributed by atoms with Crippen molar-refractivity contribution in [3.63, 3.8) is 0 Å². The second kappa shape index (κ2) is 5.19. The number of rotatable bonds is 3. The molecule has 1 heterocycles. The van der Waals surface area contributed by atoms with Gasteiger partial charge in [-0.1, -0.05) is 0 Å². The molecular formula is C13H17NO3. The first-order chi connectivity index (χ1) is 8.16. The van der Waals surface area contributed by atoms with E-state index >= 15 is 0 Å². The molecule has 4 heteroatoms. The van der Waals surface area contributed by atoms with Gasteiger partial charge in [0, 0.05) is 24.9 Å². The van der Waals surface area contributed by atoms with Crippen LogP contribution in [0.2, 0.25) is 0 Å². The van der Waals surface area contributed by atoms with Gasteiger partial charge in [-0.05, 0) is 43.5 Å². The van der Waals surface area contributed by atoms with Gasteiger partial charge >= 0.3 is 5.97 Å². The lowest BCUT2D eigenvalue weighted by Gasteiger charge is -2.24. The number of nitrogens with one attached hydrogen (secondary N) is 1. The number of ether oxygens (including phenoxy) is 1. The Morgan fingerprint density at radius 3 is 2.71 bits per heavy atom. The van der Waals surface area contributed by atoms with Gasteiger partial charge < -0.3 is 15.2 Å². The van der Waals surface area contributed by atoms with Crippen LogP contribution in [0.25, 0.3) is 0 Å². The molecule has 0 aliphatic carbocycles. The van der Waals surface area contributed by atoms with Gasteiger partial charge in [0.1, 0.15) is 0 Å². The van der Waals surface area contributed by atoms with E-state index in [9.17, 15) is 4.79 Å². The van der Waals surface area contributed by atoms with Gasteiger partial charge in [-0.15, -0.1) is 0 Å². The van der Waals surface area contributed by atoms with Crippen molar-refractivity contribution in [3.05, 3.63) is 29.3 Å². The number of carboxylic acid groups (broad SMARTS) is 1. The molecule has 2 N–H and O–H groups in total. The lowest BCUT2D eigenvalue weighted by molar-refractivity contribution is 0.0696. The number of carboxylic acids is 1. The van der Waals surface area contributed by atoms with E-state index in [-0.39, 0.29) is 0 Å². The van der Waals surface area contributed by atoms with Crippen LogP contribution >= 0.6 is 0 Å². The van der Waals surface area contributed by atoms with Crippen LogP contribution in [-0.4, -0.2) is 30.3 Å². The van der Waals surface area contributed by atoms with Crippen molar-refractivity contribution < 1.29 is 14.6 Å². The number of benzene rings is 1. The summed E-state index contributed by atoms with van der Waals surface area (Å²) in [5.74, 6) is -0.875. The highest BCUT2D eigenvalue weighted by Gasteiger charge is 2.14. The number of aryl methyl sites for hydroxylation is 1. The van der Waals surface area contributed by atoms with Gasteiger partial charge in [-0.25, -0.2) is 4.79 Å². The van der Waals surface area contributed by atoms with Crippen molar-refractivity contribution in [2.24, 2.45) is 0 Å². The highest BCUT2D eigenvalue weighted by Crippen LogP contribution is 2.18. The smallest absolute Gasteiger partial charge is 0.335 e. The monoisotopic (exact) mass is 235 g/mol. The number of hydrogen-bond donors (Lipinski definition) is 2. The van der Waals surface area contributed by atoms with Gasteiger partial charge in [0.2, 0.25) is 0 Å². The van der Waals surface area contributed by atoms with Crippen LogP contribution in [0.4, 0.5) is 5.69 Å². The first-order valence-corrected chi connectivity index (χ1v) is 5.85. The van der Waals surface area contributed by atoms with Crippen LogP contribution in [0.1, 0.15) is 28.8 Å². The van der Waals surface area contributed by atoms with Crippen LogP contribution in [0.5, 0.6) is 0 Å². The molecule has 1 fully saturated rings. The fourth-order valence-electron chi connectivity index (χ4n) is 2.07. The maximum Gasteiger partial charge on any atom is 0.335 e. The van der Waals surface area contributed by atoms with E-state index in [1.54, 1.807) is 6.07 Å². The number of aromatic carboxylic acids is 1. The first-order valence-electron chi connectivity index (χ1n) is 5.85. The summed E-state index contributed by atoms with van der Waals surface area (Å²) in [5, 5.41) is 12.4. The average molecular weight is 235 g/mol. The second-order valence-corrected chi connectivity index (χ2v) is 4.37. The van der Waals surface area contributed by atoms with E-state index < -0.39 is 5.97 Å². The molecule has 1 aliphatic heterocycles. The summed E-state index contributed by atoms with van der Waals surface area (Å²) >= 11 is 0. The Balaban J connectivity index is 2.06. The predicted molar refractivity (Wildman–Crippen MR) is 65.6 cm³/mol. The molecule has 0 aromatic heterocycles. The maximum atomic E-state index is 10.9. The summed E-state index contributed by atoms with van der Waals surface area (Å²) in [4.78, 5) is 10.9. The van der Waals surface area contributed by atoms with Gasteiger partial charge in [0.15, 0.2) is 0 Å². The molecule has 1 aliphatic rings. The molecule has 0 radical (unpaired) electrons. The molecule has 92 valence electrons. The molecular weight excluding hydrogens is 218 g/mol. The Kier molecular flexibility index (Phi) is 3.64. The van der Waals surface area contributed by atoms with E-state index in [4.69, 9.17) is 9.84 Å². The van der Waals surface area contributed by atoms with E-state index in [1.165, 1.54) is 0 Å². The third-order valence-corrected chi connectivity index (χ3v) is 3.05. The fraction of sp³-hybridized carbons (Fsp3) is 0.462. The molecule has 0 atom stereocenters. The van der Waals surface area contributed by atoms with Gasteiger partial charge in [0.05, 0.1) is 5.56 Å². The molecule has 0 amide bonds. The third-order valence-electron chi connectivity index (χ3n) is 3.05. The molecule has 1 aromatic carbocycles. The predicted octanol–water partition coefficient (Wildman–Crippen LogP) is 2.28. The van der Waals surface area contributed by atoms with Crippen LogP contribution in [0.3, 0.4) is 0 Å². The molecule has 17 heavy (non-hydrogen) atoms. The Hall–Kier alpha value is -1.55. The SMILES string of the molecule is Cc1cc(NC2CCOCC2)ccc1C(=O)O. The maximum absolute atomic E-state index is 10.9. The Bertz CT molecular complexity index is 411. The van der Waals surface area contributed by atoms with E-state index in [2.05, 4.69) is 5.32 Å². The number of anilines is 1. The summed E-state index contributed by atoms with van der Waals surface area (Å²) in [6, 6.07) is 5.79. The summed E-state index contributed by atoms with van der Waals surface area (Å²) < 4.78 is 5.29. The van der Waals surface area contributed by atoms with E-state index in [0.717, 1.165) is 37.3 Å². The van der Waals surface area contributed by atoms with Gasteiger partial charge in [-0.3, -0.25) is 0 Å². The van der Waals surface area contributed by atoms with Gasteiger partial charge in [0.25, 0.3) is 0 Å². The van der Waals surface area contributed by atoms with Crippen molar-refractivity contribution in [1.82, 2.24) is 0 Å². The summed E-state index contributed by atoms with van der Waals surface area (Å²) in [5.41, 5.74) is 2.14. The van der Waals surface area contributed by atoms with E-state index in [1.807, 2.05) is 19.1 Å². The van der Waals surface area contributed by atoms with Gasteiger partial charge in [-0.2, -0.15) is 0 Å². The Morgan fingerprint density at radius 2 is 2.12 bits per heavy atom. The lowest BCUT2D eigenvalue weighted by Crippen LogP contribution is -2.27. The van der Waals surface area contributed by atoms with Crippen molar-refractivity contribution >= 4 is 11.7 Å². The number of hydrogen-bond acceptors (Lipinski definition) is 3. The lowest BCUT2D eigenvalue weighted by atomic mass is 10.1. The largest absolute Gasteiger partial charge is 0.478 e. The standard InChI is InChI=1S/C13H17NO3/c1-9-8-11(2-3-12(9)13(15)16)14-10-4-6-17-7-5-10/h2-3,8,10,14H,4-7H2,1H3,(H,15,16). The first kappa shape index (κ1) is 11.9. The molecule has 0 bridgehead atoms. The fourth-order valence-corrected chi connectivity index (χ4v) is 2.07. The molecule has 0 spiro atoms. The third kappa shape index (κ3) is 2.97. The minimum absolute atomic E-state index is 0.363. The van der Waals surface area contributed by atoms with Crippen molar-refractivity contribution in [2.45, 2.75) is 25.8 Å². The quantitative estimate of drug-likeness (QED) is 0.843. The summed E-state index contributed by atoms with van der Waals surface area (Å²) in [6.45, 7) is 3.41. The Morgan fingerprint density at radius 1 is 1.41 bits per heavy atom. The summed E-state index contributed by atoms with van der Waals surface area (Å²) in [7, 11) is 0. The highest BCUT2D eigenvalue weighted by molar-refractivity contribution is 5.89. The van der Waals surface area contributed by atoms with Crippen molar-refractivity contribution in [2.75, 3.05) is 18.5 Å². The molecule has 0 saturated carbocycles. The molecule has 2 rings (SSSR count). The highest BCUT2D eigenvalue weighted by atomic mass is 16.5. The summed E-state index contributed by atoms with van der Waals surface area (Å²) in [6.07, 6.45) is 2.00. The zero-order valence-electron chi connectivity index (χ0n) is 9.90. The van der Waals surface area contributed by atoms with Crippen LogP contribution in [0, 0.1) is 6.92 Å². The van der Waals surface area contributed by atoms with Crippen molar-refractivity contribution in [3.8, 4) is 0 Å². The zero-order chi connectivity index (χ0) is 12.3. The molecule has 1 aromatic rings. The molecule has 0 unspecified atom stereocenters. The average Bonchev–Trinajstić information content (AvgIpc) is 2.30. The second-order valence-electron chi connectivity index (χ2n) is 4.37. The minimum Gasteiger partial charge on any atom is -0.478 e. The van der Waals surface area contributed by atoms with Crippen LogP contribution in [0.15, 0.2) is 18.2 Å². The van der Waals surface area contributed by atoms with E-state index in [0.29, 0.717) is 11.6 Å².